The average Bonchev–Trinajstić information content (AvgIpc) is 3.00. The molecule has 6 atom stereocenters. The highest BCUT2D eigenvalue weighted by Gasteiger charge is 2.62. The molecule has 160 valence electrons. The number of allylic oxidation sites excluding steroid dienone is 2. The molecule has 0 radical (unpaired) electrons. The normalized spacial score (nSPS) is 40.5. The molecule has 3 aliphatic carbocycles. The van der Waals surface area contributed by atoms with Crippen LogP contribution in [0.1, 0.15) is 57.9 Å². The average molecular weight is 428 g/mol. The van der Waals surface area contributed by atoms with Crippen LogP contribution in [-0.4, -0.2) is 27.8 Å². The van der Waals surface area contributed by atoms with Gasteiger partial charge >= 0.3 is 0 Å². The summed E-state index contributed by atoms with van der Waals surface area (Å²) in [4.78, 5) is 28.3. The van der Waals surface area contributed by atoms with Crippen LogP contribution >= 0.6 is 11.6 Å². The van der Waals surface area contributed by atoms with Crippen molar-refractivity contribution in [1.29, 1.82) is 0 Å². The van der Waals surface area contributed by atoms with Gasteiger partial charge in [-0.05, 0) is 55.2 Å². The third kappa shape index (κ3) is 2.83. The van der Waals surface area contributed by atoms with Gasteiger partial charge in [-0.15, -0.1) is 0 Å². The summed E-state index contributed by atoms with van der Waals surface area (Å²) in [6.45, 7) is 4.83. The lowest BCUT2D eigenvalue weighted by atomic mass is 9.49. The van der Waals surface area contributed by atoms with E-state index in [1.807, 2.05) is 29.2 Å². The molecule has 0 bridgehead atoms. The van der Waals surface area contributed by atoms with Crippen LogP contribution in [0.4, 0.5) is 0 Å². The Morgan fingerprint density at radius 1 is 1.17 bits per heavy atom. The standard InChI is InChI=1S/C25H30ClNO3/c1-24-12-11-22(30)27(14-15-3-5-16(26)6-4-15)20(24)9-7-17-18-8-10-21(29)25(18,2)13-19(28)23(17)24/h3-6,9,17-18,21,23,29H,7-8,10-14H2,1-2H3. The molecule has 1 saturated heterocycles. The van der Waals surface area contributed by atoms with Crippen LogP contribution in [0.2, 0.25) is 5.02 Å². The van der Waals surface area contributed by atoms with Crippen LogP contribution < -0.4 is 0 Å². The van der Waals surface area contributed by atoms with Crippen LogP contribution in [0.5, 0.6) is 0 Å². The number of hydrogen-bond acceptors (Lipinski definition) is 3. The van der Waals surface area contributed by atoms with Crippen LogP contribution in [0, 0.1) is 28.6 Å². The van der Waals surface area contributed by atoms with Gasteiger partial charge < -0.3 is 10.0 Å². The fraction of sp³-hybridized carbons (Fsp3) is 0.600. The summed E-state index contributed by atoms with van der Waals surface area (Å²) in [5, 5.41) is 11.3. The van der Waals surface area contributed by atoms with Crippen molar-refractivity contribution in [1.82, 2.24) is 4.90 Å². The molecule has 1 aliphatic heterocycles. The monoisotopic (exact) mass is 427 g/mol. The lowest BCUT2D eigenvalue weighted by Crippen LogP contribution is -2.57. The Morgan fingerprint density at radius 3 is 2.63 bits per heavy atom. The molecule has 4 aliphatic rings. The maximum absolute atomic E-state index is 13.5. The molecule has 1 aromatic carbocycles. The maximum Gasteiger partial charge on any atom is 0.227 e. The Labute approximate surface area is 183 Å². The van der Waals surface area contributed by atoms with E-state index >= 15 is 0 Å². The van der Waals surface area contributed by atoms with Gasteiger partial charge in [-0.1, -0.05) is 43.7 Å². The predicted octanol–water partition coefficient (Wildman–Crippen LogP) is 4.74. The minimum absolute atomic E-state index is 0.0540. The number of aliphatic hydroxyl groups excluding tert-OH is 1. The number of nitrogens with zero attached hydrogens (tertiary/aromatic N) is 1. The number of likely N-dealkylation sites (tertiary alicyclic amines) is 1. The molecule has 1 N–H and O–H groups in total. The Morgan fingerprint density at radius 2 is 1.90 bits per heavy atom. The summed E-state index contributed by atoms with van der Waals surface area (Å²) in [6, 6.07) is 7.63. The van der Waals surface area contributed by atoms with Gasteiger partial charge in [0.05, 0.1) is 12.6 Å². The molecule has 6 unspecified atom stereocenters. The summed E-state index contributed by atoms with van der Waals surface area (Å²) in [7, 11) is 0. The van der Waals surface area contributed by atoms with E-state index in [4.69, 9.17) is 11.6 Å². The van der Waals surface area contributed by atoms with Crippen molar-refractivity contribution in [2.45, 2.75) is 65.0 Å². The third-order valence-electron chi connectivity index (χ3n) is 8.77. The van der Waals surface area contributed by atoms with Gasteiger partial charge in [-0.25, -0.2) is 0 Å². The van der Waals surface area contributed by atoms with E-state index in [9.17, 15) is 14.7 Å². The zero-order chi connectivity index (χ0) is 21.3. The largest absolute Gasteiger partial charge is 0.393 e. The van der Waals surface area contributed by atoms with E-state index in [-0.39, 0.29) is 40.5 Å². The predicted molar refractivity (Wildman–Crippen MR) is 115 cm³/mol. The van der Waals surface area contributed by atoms with Gasteiger partial charge in [0.1, 0.15) is 5.78 Å². The second-order valence-corrected chi connectivity index (χ2v) is 10.8. The van der Waals surface area contributed by atoms with E-state index in [0.717, 1.165) is 36.9 Å². The molecule has 0 aromatic heterocycles. The van der Waals surface area contributed by atoms with Crippen molar-refractivity contribution in [2.24, 2.45) is 28.6 Å². The van der Waals surface area contributed by atoms with Crippen LogP contribution in [0.25, 0.3) is 0 Å². The SMILES string of the molecule is CC12CCC(=O)N(Cc3ccc(Cl)cc3)C1=CCC1C2C(=O)CC2(C)C(O)CCC12. The first kappa shape index (κ1) is 20.3. The summed E-state index contributed by atoms with van der Waals surface area (Å²) < 4.78 is 0. The lowest BCUT2D eigenvalue weighted by Gasteiger charge is -2.57. The number of carbonyl (C=O) groups is 2. The van der Waals surface area contributed by atoms with Crippen molar-refractivity contribution in [3.63, 3.8) is 0 Å². The second kappa shape index (κ2) is 6.93. The number of carbonyl (C=O) groups excluding carboxylic acids is 2. The fourth-order valence-electron chi connectivity index (χ4n) is 7.20. The van der Waals surface area contributed by atoms with Gasteiger partial charge in [0.2, 0.25) is 5.91 Å². The number of hydrogen-bond donors (Lipinski definition) is 1. The topological polar surface area (TPSA) is 57.6 Å². The van der Waals surface area contributed by atoms with E-state index in [1.165, 1.54) is 0 Å². The van der Waals surface area contributed by atoms with E-state index in [1.54, 1.807) is 0 Å². The number of amides is 1. The number of benzene rings is 1. The first-order valence-corrected chi connectivity index (χ1v) is 11.6. The Balaban J connectivity index is 1.51. The van der Waals surface area contributed by atoms with Crippen molar-refractivity contribution in [2.75, 3.05) is 0 Å². The fourth-order valence-corrected chi connectivity index (χ4v) is 7.33. The molecular weight excluding hydrogens is 398 g/mol. The molecule has 0 spiro atoms. The maximum atomic E-state index is 13.5. The number of aliphatic hydroxyl groups is 1. The molecule has 30 heavy (non-hydrogen) atoms. The Kier molecular flexibility index (Phi) is 4.68. The highest BCUT2D eigenvalue weighted by atomic mass is 35.5. The molecule has 4 nitrogen and oxygen atoms in total. The second-order valence-electron chi connectivity index (χ2n) is 10.3. The smallest absolute Gasteiger partial charge is 0.227 e. The molecular formula is C25H30ClNO3. The third-order valence-corrected chi connectivity index (χ3v) is 9.02. The minimum Gasteiger partial charge on any atom is -0.393 e. The number of rotatable bonds is 2. The molecule has 1 heterocycles. The van der Waals surface area contributed by atoms with Crippen LogP contribution in [0.3, 0.4) is 0 Å². The summed E-state index contributed by atoms with van der Waals surface area (Å²) >= 11 is 6.03. The van der Waals surface area contributed by atoms with Gasteiger partial charge in [0.25, 0.3) is 0 Å². The van der Waals surface area contributed by atoms with Crippen molar-refractivity contribution >= 4 is 23.3 Å². The van der Waals surface area contributed by atoms with Gasteiger partial charge in [0, 0.05) is 40.3 Å². The van der Waals surface area contributed by atoms with Gasteiger partial charge in [-0.2, -0.15) is 0 Å². The van der Waals surface area contributed by atoms with Crippen molar-refractivity contribution < 1.29 is 14.7 Å². The first-order chi connectivity index (χ1) is 14.2. The number of ketones is 1. The Bertz CT molecular complexity index is 925. The minimum atomic E-state index is -0.375. The number of Topliss-reactive ketones (excluding diaryl/α,β-unsaturated/α-hetero) is 1. The quantitative estimate of drug-likeness (QED) is 0.741. The summed E-state index contributed by atoms with van der Waals surface area (Å²) in [5.41, 5.74) is 1.48. The zero-order valence-electron chi connectivity index (χ0n) is 17.7. The highest BCUT2D eigenvalue weighted by molar-refractivity contribution is 6.30. The van der Waals surface area contributed by atoms with Gasteiger partial charge in [-0.3, -0.25) is 9.59 Å². The number of fused-ring (bicyclic) bond motifs is 5. The first-order valence-electron chi connectivity index (χ1n) is 11.2. The van der Waals surface area contributed by atoms with Crippen molar-refractivity contribution in [3.05, 3.63) is 46.6 Å². The van der Waals surface area contributed by atoms with E-state index in [2.05, 4.69) is 19.9 Å². The molecule has 1 aromatic rings. The summed E-state index contributed by atoms with van der Waals surface area (Å²) in [5.74, 6) is 1.02. The molecule has 3 fully saturated rings. The van der Waals surface area contributed by atoms with Crippen molar-refractivity contribution in [3.8, 4) is 0 Å². The summed E-state index contributed by atoms with van der Waals surface area (Å²) in [6.07, 6.45) is 6.14. The van der Waals surface area contributed by atoms with Gasteiger partial charge in [0.15, 0.2) is 0 Å². The molecule has 2 saturated carbocycles. The highest BCUT2D eigenvalue weighted by Crippen LogP contribution is 2.63. The number of halogens is 1. The number of piperidine rings is 1. The van der Waals surface area contributed by atoms with E-state index < -0.39 is 0 Å². The molecule has 1 amide bonds. The van der Waals surface area contributed by atoms with Crippen LogP contribution in [0.15, 0.2) is 36.0 Å². The zero-order valence-corrected chi connectivity index (χ0v) is 18.5. The van der Waals surface area contributed by atoms with E-state index in [0.29, 0.717) is 30.3 Å². The van der Waals surface area contributed by atoms with Crippen LogP contribution in [-0.2, 0) is 16.1 Å². The molecule has 5 heteroatoms. The molecule has 5 rings (SSSR count). The Hall–Kier alpha value is -1.65. The lowest BCUT2D eigenvalue weighted by molar-refractivity contribution is -0.152.